The van der Waals surface area contributed by atoms with Gasteiger partial charge in [-0.3, -0.25) is 0 Å². The van der Waals surface area contributed by atoms with Gasteiger partial charge < -0.3 is 19.3 Å². The summed E-state index contributed by atoms with van der Waals surface area (Å²) in [4.78, 5) is 0. The maximum atomic E-state index is 9.75. The standard InChI is InChI=1S/C15H22O4/c1-11(16)14-7-6-12(17-2)9-15(14)19-10-13-5-3-4-8-18-13/h6-7,9,11,13,16H,3-5,8,10H2,1-2H3/t11-,13?/m1/s1. The van der Waals surface area contributed by atoms with E-state index in [1.165, 1.54) is 6.42 Å². The van der Waals surface area contributed by atoms with E-state index < -0.39 is 6.10 Å². The van der Waals surface area contributed by atoms with Crippen LogP contribution in [0, 0.1) is 0 Å². The van der Waals surface area contributed by atoms with Crippen LogP contribution in [0.4, 0.5) is 0 Å². The van der Waals surface area contributed by atoms with Crippen molar-refractivity contribution in [3.63, 3.8) is 0 Å². The second kappa shape index (κ2) is 6.78. The predicted molar refractivity (Wildman–Crippen MR) is 72.7 cm³/mol. The number of hydrogen-bond donors (Lipinski definition) is 1. The Bertz CT molecular complexity index is 397. The molecule has 2 atom stereocenters. The Morgan fingerprint density at radius 1 is 1.42 bits per heavy atom. The van der Waals surface area contributed by atoms with Crippen molar-refractivity contribution in [3.8, 4) is 11.5 Å². The molecule has 1 saturated heterocycles. The van der Waals surface area contributed by atoms with Gasteiger partial charge in [0, 0.05) is 18.2 Å². The van der Waals surface area contributed by atoms with Crippen LogP contribution in [0.15, 0.2) is 18.2 Å². The van der Waals surface area contributed by atoms with Crippen LogP contribution in [0.5, 0.6) is 11.5 Å². The van der Waals surface area contributed by atoms with Crippen LogP contribution in [0.25, 0.3) is 0 Å². The lowest BCUT2D eigenvalue weighted by molar-refractivity contribution is -0.0116. The molecule has 4 nitrogen and oxygen atoms in total. The van der Waals surface area contributed by atoms with Crippen molar-refractivity contribution in [2.24, 2.45) is 0 Å². The summed E-state index contributed by atoms with van der Waals surface area (Å²) in [6.45, 7) is 3.06. The molecule has 1 fully saturated rings. The van der Waals surface area contributed by atoms with E-state index in [0.29, 0.717) is 12.4 Å². The number of hydrogen-bond acceptors (Lipinski definition) is 4. The molecule has 1 aliphatic rings. The smallest absolute Gasteiger partial charge is 0.128 e. The van der Waals surface area contributed by atoms with E-state index >= 15 is 0 Å². The van der Waals surface area contributed by atoms with Gasteiger partial charge in [-0.05, 0) is 38.3 Å². The Morgan fingerprint density at radius 2 is 2.26 bits per heavy atom. The number of benzene rings is 1. The van der Waals surface area contributed by atoms with Crippen LogP contribution in [0.2, 0.25) is 0 Å². The number of ether oxygens (including phenoxy) is 3. The van der Waals surface area contributed by atoms with Crippen molar-refractivity contribution < 1.29 is 19.3 Å². The van der Waals surface area contributed by atoms with E-state index in [4.69, 9.17) is 14.2 Å². The normalized spacial score (nSPS) is 20.9. The summed E-state index contributed by atoms with van der Waals surface area (Å²) in [7, 11) is 1.62. The van der Waals surface area contributed by atoms with Gasteiger partial charge in [0.15, 0.2) is 0 Å². The molecule has 0 aromatic heterocycles. The van der Waals surface area contributed by atoms with Crippen LogP contribution in [-0.2, 0) is 4.74 Å². The third-order valence-corrected chi connectivity index (χ3v) is 3.37. The molecule has 0 amide bonds. The lowest BCUT2D eigenvalue weighted by Gasteiger charge is -2.23. The molecule has 1 heterocycles. The Balaban J connectivity index is 2.03. The fraction of sp³-hybridized carbons (Fsp3) is 0.600. The molecule has 0 aliphatic carbocycles. The van der Waals surface area contributed by atoms with Crippen LogP contribution in [0.3, 0.4) is 0 Å². The van der Waals surface area contributed by atoms with E-state index in [1.54, 1.807) is 14.0 Å². The minimum Gasteiger partial charge on any atom is -0.497 e. The summed E-state index contributed by atoms with van der Waals surface area (Å²) in [6, 6.07) is 5.47. The molecule has 0 bridgehead atoms. The van der Waals surface area contributed by atoms with E-state index in [-0.39, 0.29) is 6.10 Å². The van der Waals surface area contributed by atoms with Gasteiger partial charge in [-0.2, -0.15) is 0 Å². The van der Waals surface area contributed by atoms with Crippen molar-refractivity contribution in [2.75, 3.05) is 20.3 Å². The SMILES string of the molecule is COc1ccc([C@@H](C)O)c(OCC2CCCCO2)c1. The van der Waals surface area contributed by atoms with Crippen molar-refractivity contribution in [2.45, 2.75) is 38.4 Å². The molecule has 2 rings (SSSR count). The van der Waals surface area contributed by atoms with Crippen LogP contribution in [0.1, 0.15) is 37.9 Å². The second-order valence-corrected chi connectivity index (χ2v) is 4.88. The molecule has 1 unspecified atom stereocenters. The van der Waals surface area contributed by atoms with Crippen molar-refractivity contribution in [3.05, 3.63) is 23.8 Å². The molecule has 19 heavy (non-hydrogen) atoms. The van der Waals surface area contributed by atoms with Crippen molar-refractivity contribution in [1.82, 2.24) is 0 Å². The average Bonchev–Trinajstić information content (AvgIpc) is 2.45. The fourth-order valence-corrected chi connectivity index (χ4v) is 2.23. The Hall–Kier alpha value is -1.26. The van der Waals surface area contributed by atoms with Gasteiger partial charge in [-0.25, -0.2) is 0 Å². The van der Waals surface area contributed by atoms with Crippen LogP contribution < -0.4 is 9.47 Å². The first-order valence-electron chi connectivity index (χ1n) is 6.81. The zero-order chi connectivity index (χ0) is 13.7. The third kappa shape index (κ3) is 3.85. The fourth-order valence-electron chi connectivity index (χ4n) is 2.23. The van der Waals surface area contributed by atoms with E-state index in [0.717, 1.165) is 30.8 Å². The summed E-state index contributed by atoms with van der Waals surface area (Å²) in [5.74, 6) is 1.40. The highest BCUT2D eigenvalue weighted by Crippen LogP contribution is 2.30. The van der Waals surface area contributed by atoms with E-state index in [9.17, 15) is 5.11 Å². The molecule has 0 saturated carbocycles. The number of methoxy groups -OCH3 is 1. The van der Waals surface area contributed by atoms with Gasteiger partial charge in [-0.1, -0.05) is 0 Å². The van der Waals surface area contributed by atoms with Gasteiger partial charge >= 0.3 is 0 Å². The highest BCUT2D eigenvalue weighted by atomic mass is 16.5. The maximum absolute atomic E-state index is 9.75. The molecule has 1 aromatic carbocycles. The first-order chi connectivity index (χ1) is 9.20. The van der Waals surface area contributed by atoms with Gasteiger partial charge in [0.05, 0.1) is 19.3 Å². The Labute approximate surface area is 114 Å². The Kier molecular flexibility index (Phi) is 5.05. The zero-order valence-corrected chi connectivity index (χ0v) is 11.6. The first kappa shape index (κ1) is 14.2. The molecule has 4 heteroatoms. The van der Waals surface area contributed by atoms with Crippen LogP contribution in [-0.4, -0.2) is 31.5 Å². The first-order valence-corrected chi connectivity index (χ1v) is 6.81. The molecule has 1 aliphatic heterocycles. The maximum Gasteiger partial charge on any atom is 0.128 e. The number of aliphatic hydroxyl groups is 1. The predicted octanol–water partition coefficient (Wildman–Crippen LogP) is 2.70. The van der Waals surface area contributed by atoms with Crippen molar-refractivity contribution >= 4 is 0 Å². The largest absolute Gasteiger partial charge is 0.497 e. The average molecular weight is 266 g/mol. The van der Waals surface area contributed by atoms with Gasteiger partial charge in [0.2, 0.25) is 0 Å². The number of rotatable bonds is 5. The molecule has 0 spiro atoms. The Morgan fingerprint density at radius 3 is 2.89 bits per heavy atom. The van der Waals surface area contributed by atoms with E-state index in [1.807, 2.05) is 18.2 Å². The summed E-state index contributed by atoms with van der Waals surface area (Å²) in [5, 5.41) is 9.75. The van der Waals surface area contributed by atoms with Gasteiger partial charge in [-0.15, -0.1) is 0 Å². The topological polar surface area (TPSA) is 47.9 Å². The lowest BCUT2D eigenvalue weighted by atomic mass is 10.1. The van der Waals surface area contributed by atoms with E-state index in [2.05, 4.69) is 0 Å². The van der Waals surface area contributed by atoms with Crippen LogP contribution >= 0.6 is 0 Å². The summed E-state index contributed by atoms with van der Waals surface area (Å²) in [6.07, 6.45) is 2.95. The highest BCUT2D eigenvalue weighted by molar-refractivity contribution is 5.41. The van der Waals surface area contributed by atoms with Crippen molar-refractivity contribution in [1.29, 1.82) is 0 Å². The molecule has 1 N–H and O–H groups in total. The molecular formula is C15H22O4. The minimum atomic E-state index is -0.562. The highest BCUT2D eigenvalue weighted by Gasteiger charge is 2.16. The summed E-state index contributed by atoms with van der Waals surface area (Å²) < 4.78 is 16.6. The number of aliphatic hydroxyl groups excluding tert-OH is 1. The third-order valence-electron chi connectivity index (χ3n) is 3.37. The van der Waals surface area contributed by atoms with Gasteiger partial charge in [0.25, 0.3) is 0 Å². The molecule has 106 valence electrons. The van der Waals surface area contributed by atoms with Gasteiger partial charge in [0.1, 0.15) is 18.1 Å². The summed E-state index contributed by atoms with van der Waals surface area (Å²) >= 11 is 0. The molecular weight excluding hydrogens is 244 g/mol. The molecule has 1 aromatic rings. The zero-order valence-electron chi connectivity index (χ0n) is 11.6. The quantitative estimate of drug-likeness (QED) is 0.890. The lowest BCUT2D eigenvalue weighted by Crippen LogP contribution is -2.26. The second-order valence-electron chi connectivity index (χ2n) is 4.88. The molecule has 0 radical (unpaired) electrons. The summed E-state index contributed by atoms with van der Waals surface area (Å²) in [5.41, 5.74) is 0.775. The minimum absolute atomic E-state index is 0.154. The monoisotopic (exact) mass is 266 g/mol.